The van der Waals surface area contributed by atoms with Crippen molar-refractivity contribution in [2.75, 3.05) is 26.4 Å². The molecular formula is C20H26O11. The lowest BCUT2D eigenvalue weighted by Crippen LogP contribution is -2.60. The number of aromatic hydroxyl groups is 2. The summed E-state index contributed by atoms with van der Waals surface area (Å²) in [5, 5.41) is 66.9. The molecule has 11 nitrogen and oxygen atoms in total. The Bertz CT molecular complexity index is 789. The van der Waals surface area contributed by atoms with E-state index in [1.807, 2.05) is 0 Å². The number of carbonyl (C=O) groups excluding carboxylic acids is 1. The first-order valence-electron chi connectivity index (χ1n) is 9.35. The normalized spacial score (nSPS) is 26.9. The van der Waals surface area contributed by atoms with Gasteiger partial charge in [0.15, 0.2) is 23.9 Å². The second-order valence-corrected chi connectivity index (χ2v) is 6.70. The Balaban J connectivity index is 2.01. The minimum absolute atomic E-state index is 0.212. The van der Waals surface area contributed by atoms with E-state index in [2.05, 4.69) is 0 Å². The van der Waals surface area contributed by atoms with Crippen molar-refractivity contribution in [3.63, 3.8) is 0 Å². The molecule has 1 aromatic rings. The summed E-state index contributed by atoms with van der Waals surface area (Å²) in [6, 6.07) is 3.88. The van der Waals surface area contributed by atoms with Gasteiger partial charge in [-0.25, -0.2) is 4.79 Å². The maximum Gasteiger partial charge on any atom is 0.331 e. The Kier molecular flexibility index (Phi) is 9.40. The zero-order chi connectivity index (χ0) is 23.0. The number of benzene rings is 1. The summed E-state index contributed by atoms with van der Waals surface area (Å²) in [4.78, 5) is 12.1. The Morgan fingerprint density at radius 2 is 1.84 bits per heavy atom. The molecule has 5 unspecified atom stereocenters. The van der Waals surface area contributed by atoms with Crippen LogP contribution in [-0.2, 0) is 19.0 Å². The van der Waals surface area contributed by atoms with Crippen molar-refractivity contribution in [1.82, 2.24) is 0 Å². The molecule has 0 aliphatic carbocycles. The molecule has 1 aliphatic rings. The number of hydrogen-bond acceptors (Lipinski definition) is 11. The van der Waals surface area contributed by atoms with E-state index >= 15 is 0 Å². The van der Waals surface area contributed by atoms with Gasteiger partial charge in [-0.2, -0.15) is 0 Å². The fourth-order valence-electron chi connectivity index (χ4n) is 2.81. The van der Waals surface area contributed by atoms with Crippen LogP contribution in [0.15, 0.2) is 35.9 Å². The van der Waals surface area contributed by atoms with Gasteiger partial charge in [-0.1, -0.05) is 12.1 Å². The van der Waals surface area contributed by atoms with Crippen molar-refractivity contribution in [2.45, 2.75) is 30.7 Å². The third kappa shape index (κ3) is 6.74. The highest BCUT2D eigenvalue weighted by molar-refractivity contribution is 5.87. The van der Waals surface area contributed by atoms with E-state index in [1.54, 1.807) is 0 Å². The van der Waals surface area contributed by atoms with Crippen molar-refractivity contribution in [2.24, 2.45) is 0 Å². The molecule has 1 saturated heterocycles. The zero-order valence-corrected chi connectivity index (χ0v) is 16.4. The maximum absolute atomic E-state index is 12.1. The molecule has 11 heteroatoms. The summed E-state index contributed by atoms with van der Waals surface area (Å²) in [5.74, 6) is -1.62. The van der Waals surface area contributed by atoms with Gasteiger partial charge in [0, 0.05) is 6.08 Å². The number of phenolic OH excluding ortho intramolecular Hbond substituents is 2. The van der Waals surface area contributed by atoms with Crippen LogP contribution >= 0.6 is 0 Å². The molecule has 1 fully saturated rings. The molecule has 1 heterocycles. The molecular weight excluding hydrogens is 416 g/mol. The summed E-state index contributed by atoms with van der Waals surface area (Å²) in [7, 11) is 0. The third-order valence-corrected chi connectivity index (χ3v) is 4.50. The van der Waals surface area contributed by atoms with Crippen molar-refractivity contribution >= 4 is 12.0 Å². The van der Waals surface area contributed by atoms with Crippen LogP contribution in [-0.4, -0.2) is 98.8 Å². The van der Waals surface area contributed by atoms with Gasteiger partial charge in [-0.15, -0.1) is 0 Å². The Hall–Kier alpha value is -2.51. The summed E-state index contributed by atoms with van der Waals surface area (Å²) < 4.78 is 15.8. The largest absolute Gasteiger partial charge is 0.504 e. The highest BCUT2D eigenvalue weighted by Gasteiger charge is 2.46. The van der Waals surface area contributed by atoms with Crippen molar-refractivity contribution < 1.29 is 54.8 Å². The van der Waals surface area contributed by atoms with Crippen molar-refractivity contribution in [3.8, 4) is 11.5 Å². The third-order valence-electron chi connectivity index (χ3n) is 4.50. The number of esters is 1. The minimum atomic E-state index is -1.65. The lowest BCUT2D eigenvalue weighted by atomic mass is 9.99. The Morgan fingerprint density at radius 3 is 2.45 bits per heavy atom. The number of carbonyl (C=O) groups is 1. The van der Waals surface area contributed by atoms with E-state index in [4.69, 9.17) is 24.4 Å². The highest BCUT2D eigenvalue weighted by atomic mass is 16.7. The average Bonchev–Trinajstić information content (AvgIpc) is 2.76. The van der Waals surface area contributed by atoms with Gasteiger partial charge in [0.2, 0.25) is 0 Å². The first-order chi connectivity index (χ1) is 14.8. The van der Waals surface area contributed by atoms with E-state index in [0.29, 0.717) is 11.1 Å². The van der Waals surface area contributed by atoms with Gasteiger partial charge < -0.3 is 50.0 Å². The molecule has 1 aromatic carbocycles. The monoisotopic (exact) mass is 442 g/mol. The van der Waals surface area contributed by atoms with Crippen LogP contribution in [0.4, 0.5) is 0 Å². The molecule has 0 saturated carbocycles. The van der Waals surface area contributed by atoms with E-state index in [9.17, 15) is 30.3 Å². The van der Waals surface area contributed by atoms with Crippen LogP contribution in [0.2, 0.25) is 0 Å². The van der Waals surface area contributed by atoms with E-state index < -0.39 is 49.9 Å². The summed E-state index contributed by atoms with van der Waals surface area (Å²) in [6.45, 7) is -1.60. The van der Waals surface area contributed by atoms with Crippen LogP contribution in [0.25, 0.3) is 6.08 Å². The number of hydrogen-bond donors (Lipinski definition) is 7. The lowest BCUT2D eigenvalue weighted by Gasteiger charge is -2.41. The predicted octanol–water partition coefficient (Wildman–Crippen LogP) is -1.61. The fraction of sp³-hybridized carbons (Fsp3) is 0.450. The van der Waals surface area contributed by atoms with Crippen LogP contribution in [0, 0.1) is 0 Å². The standard InChI is InChI=1S/C20H26O11/c21-6-5-12(8-22)10-29-20-18(28)17(27)19(15(9-23)30-20)31-16(26)4-2-11-1-3-13(24)14(25)7-11/h1-5,7,15,17-25,27-28H,6,8-10H2. The number of ether oxygens (including phenoxy) is 3. The molecule has 0 aromatic heterocycles. The molecule has 2 rings (SSSR count). The molecule has 31 heavy (non-hydrogen) atoms. The lowest BCUT2D eigenvalue weighted by molar-refractivity contribution is -0.301. The SMILES string of the molecule is O=C(C=Cc1ccc(O)c(O)c1)OC1C(CO)OC(OCC(=CCO)CO)C(O)C1O. The first-order valence-corrected chi connectivity index (χ1v) is 9.35. The molecule has 0 bridgehead atoms. The number of aliphatic hydroxyl groups excluding tert-OH is 5. The smallest absolute Gasteiger partial charge is 0.331 e. The van der Waals surface area contributed by atoms with E-state index in [0.717, 1.165) is 6.08 Å². The zero-order valence-electron chi connectivity index (χ0n) is 16.4. The van der Waals surface area contributed by atoms with Gasteiger partial charge >= 0.3 is 5.97 Å². The summed E-state index contributed by atoms with van der Waals surface area (Å²) >= 11 is 0. The van der Waals surface area contributed by atoms with E-state index in [1.165, 1.54) is 30.4 Å². The predicted molar refractivity (Wildman–Crippen MR) is 105 cm³/mol. The van der Waals surface area contributed by atoms with Crippen LogP contribution in [0.3, 0.4) is 0 Å². The topological polar surface area (TPSA) is 186 Å². The second-order valence-electron chi connectivity index (χ2n) is 6.70. The highest BCUT2D eigenvalue weighted by Crippen LogP contribution is 2.26. The molecule has 0 amide bonds. The first kappa shape index (κ1) is 24.8. The summed E-state index contributed by atoms with van der Waals surface area (Å²) in [5.41, 5.74) is 0.697. The van der Waals surface area contributed by atoms with Gasteiger partial charge in [-0.3, -0.25) is 0 Å². The van der Waals surface area contributed by atoms with Gasteiger partial charge in [-0.05, 0) is 29.3 Å². The quantitative estimate of drug-likeness (QED) is 0.101. The molecule has 5 atom stereocenters. The number of aliphatic hydroxyl groups is 5. The van der Waals surface area contributed by atoms with Crippen molar-refractivity contribution in [3.05, 3.63) is 41.5 Å². The van der Waals surface area contributed by atoms with Crippen molar-refractivity contribution in [1.29, 1.82) is 0 Å². The second kappa shape index (κ2) is 11.8. The molecule has 0 spiro atoms. The molecule has 1 aliphatic heterocycles. The van der Waals surface area contributed by atoms with Crippen LogP contribution in [0.5, 0.6) is 11.5 Å². The van der Waals surface area contributed by atoms with Gasteiger partial charge in [0.05, 0.1) is 26.4 Å². The van der Waals surface area contributed by atoms with Crippen LogP contribution in [0.1, 0.15) is 5.56 Å². The fourth-order valence-corrected chi connectivity index (χ4v) is 2.81. The molecule has 7 N–H and O–H groups in total. The Labute approximate surface area is 177 Å². The maximum atomic E-state index is 12.1. The molecule has 172 valence electrons. The average molecular weight is 442 g/mol. The van der Waals surface area contributed by atoms with Gasteiger partial charge in [0.1, 0.15) is 18.3 Å². The summed E-state index contributed by atoms with van der Waals surface area (Å²) in [6.07, 6.45) is -3.69. The number of rotatable bonds is 9. The van der Waals surface area contributed by atoms with E-state index in [-0.39, 0.29) is 24.7 Å². The molecule has 0 radical (unpaired) electrons. The minimum Gasteiger partial charge on any atom is -0.504 e. The Morgan fingerprint density at radius 1 is 1.10 bits per heavy atom. The van der Waals surface area contributed by atoms with Gasteiger partial charge in [0.25, 0.3) is 0 Å². The van der Waals surface area contributed by atoms with Crippen LogP contribution < -0.4 is 0 Å². The number of phenols is 2.